The van der Waals surface area contributed by atoms with Crippen LogP contribution in [-0.2, 0) is 9.59 Å². The molecule has 2 aromatic rings. The van der Waals surface area contributed by atoms with Crippen molar-refractivity contribution in [3.8, 4) is 17.5 Å². The average molecular weight is 412 g/mol. The molecule has 0 spiro atoms. The molecule has 1 saturated carbocycles. The number of aromatic nitrogens is 2. The molecule has 160 valence electrons. The molecule has 30 heavy (non-hydrogen) atoms. The van der Waals surface area contributed by atoms with Crippen molar-refractivity contribution >= 4 is 17.4 Å². The van der Waals surface area contributed by atoms with Gasteiger partial charge in [0.05, 0.1) is 23.5 Å². The minimum absolute atomic E-state index is 0.312. The third-order valence-corrected chi connectivity index (χ3v) is 4.85. The molecule has 0 radical (unpaired) electrons. The predicted molar refractivity (Wildman–Crippen MR) is 113 cm³/mol. The molecular weight excluding hydrogens is 384 g/mol. The summed E-state index contributed by atoms with van der Waals surface area (Å²) in [6.07, 6.45) is 9.57. The lowest BCUT2D eigenvalue weighted by Crippen LogP contribution is -2.12. The van der Waals surface area contributed by atoms with E-state index in [0.29, 0.717) is 29.5 Å². The fourth-order valence-electron chi connectivity index (χ4n) is 3.55. The van der Waals surface area contributed by atoms with Gasteiger partial charge in [0.1, 0.15) is 29.8 Å². The van der Waals surface area contributed by atoms with E-state index in [1.807, 2.05) is 25.4 Å². The van der Waals surface area contributed by atoms with E-state index in [1.165, 1.54) is 39.0 Å². The summed E-state index contributed by atoms with van der Waals surface area (Å²) in [5, 5.41) is 17.1. The highest BCUT2D eigenvalue weighted by atomic mass is 16.5. The standard InChI is InChI=1S/C18H22N4O.C4H6O3/c1-2-23-17-11-16(15(20)10-14(17)12-19)22-9-8-21-18(22)13-6-4-3-5-7-13;1-3(5)2-4(6)7/h8-11,13H,2-7,20H2,1H3;2H2,1H3,(H,6,7). The summed E-state index contributed by atoms with van der Waals surface area (Å²) in [5.41, 5.74) is 8.07. The fourth-order valence-corrected chi connectivity index (χ4v) is 3.55. The van der Waals surface area contributed by atoms with Crippen molar-refractivity contribution < 1.29 is 19.4 Å². The minimum Gasteiger partial charge on any atom is -0.492 e. The fraction of sp³-hybridized carbons (Fsp3) is 0.455. The first-order valence-electron chi connectivity index (χ1n) is 10.1. The monoisotopic (exact) mass is 412 g/mol. The quantitative estimate of drug-likeness (QED) is 0.544. The van der Waals surface area contributed by atoms with E-state index in [4.69, 9.17) is 15.6 Å². The Balaban J connectivity index is 0.000000396. The summed E-state index contributed by atoms with van der Waals surface area (Å²) in [6, 6.07) is 5.68. The van der Waals surface area contributed by atoms with Crippen LogP contribution in [0.15, 0.2) is 24.5 Å². The van der Waals surface area contributed by atoms with E-state index >= 15 is 0 Å². The lowest BCUT2D eigenvalue weighted by molar-refractivity contribution is -0.139. The second-order valence-electron chi connectivity index (χ2n) is 7.21. The Morgan fingerprint density at radius 2 is 2.03 bits per heavy atom. The molecule has 0 aliphatic heterocycles. The first kappa shape index (κ1) is 22.9. The molecule has 0 amide bonds. The molecule has 8 nitrogen and oxygen atoms in total. The Morgan fingerprint density at radius 1 is 1.33 bits per heavy atom. The summed E-state index contributed by atoms with van der Waals surface area (Å²) in [6.45, 7) is 3.66. The Bertz CT molecular complexity index is 912. The number of nitrogens with zero attached hydrogens (tertiary/aromatic N) is 3. The number of carboxylic acids is 1. The molecule has 1 heterocycles. The number of nitriles is 1. The number of nitrogens with two attached hydrogens (primary N) is 1. The number of rotatable bonds is 6. The van der Waals surface area contributed by atoms with Gasteiger partial charge in [-0.05, 0) is 32.8 Å². The number of ketones is 1. The molecule has 0 atom stereocenters. The maximum absolute atomic E-state index is 9.87. The van der Waals surface area contributed by atoms with Gasteiger partial charge in [-0.3, -0.25) is 9.59 Å². The van der Waals surface area contributed by atoms with Crippen LogP contribution in [0.4, 0.5) is 5.69 Å². The minimum atomic E-state index is -1.06. The van der Waals surface area contributed by atoms with Crippen LogP contribution in [-0.4, -0.2) is 33.0 Å². The normalized spacial score (nSPS) is 13.6. The summed E-state index contributed by atoms with van der Waals surface area (Å²) >= 11 is 0. The number of aliphatic carboxylic acids is 1. The van der Waals surface area contributed by atoms with E-state index in [1.54, 1.807) is 6.07 Å². The average Bonchev–Trinajstić information content (AvgIpc) is 3.19. The van der Waals surface area contributed by atoms with Crippen LogP contribution in [0.5, 0.6) is 5.75 Å². The topological polar surface area (TPSA) is 131 Å². The van der Waals surface area contributed by atoms with Crippen molar-refractivity contribution in [2.24, 2.45) is 0 Å². The molecule has 3 N–H and O–H groups in total. The van der Waals surface area contributed by atoms with Crippen LogP contribution < -0.4 is 10.5 Å². The number of imidazole rings is 1. The van der Waals surface area contributed by atoms with Crippen molar-refractivity contribution in [2.45, 2.75) is 58.3 Å². The van der Waals surface area contributed by atoms with E-state index in [0.717, 1.165) is 11.5 Å². The Hall–Kier alpha value is -3.34. The molecule has 0 bridgehead atoms. The zero-order chi connectivity index (χ0) is 22.1. The number of ether oxygens (including phenoxy) is 1. The summed E-state index contributed by atoms with van der Waals surface area (Å²) in [4.78, 5) is 24.0. The lowest BCUT2D eigenvalue weighted by Gasteiger charge is -2.23. The summed E-state index contributed by atoms with van der Waals surface area (Å²) in [5.74, 6) is 0.732. The highest BCUT2D eigenvalue weighted by molar-refractivity contribution is 5.93. The van der Waals surface area contributed by atoms with Gasteiger partial charge in [-0.1, -0.05) is 19.3 Å². The smallest absolute Gasteiger partial charge is 0.310 e. The van der Waals surface area contributed by atoms with E-state index in [2.05, 4.69) is 15.6 Å². The van der Waals surface area contributed by atoms with Crippen LogP contribution in [0.2, 0.25) is 0 Å². The van der Waals surface area contributed by atoms with Crippen LogP contribution in [0, 0.1) is 11.3 Å². The molecule has 8 heteroatoms. The first-order valence-corrected chi connectivity index (χ1v) is 10.1. The number of anilines is 1. The van der Waals surface area contributed by atoms with Gasteiger partial charge in [-0.2, -0.15) is 5.26 Å². The van der Waals surface area contributed by atoms with Gasteiger partial charge in [0.25, 0.3) is 0 Å². The number of carboxylic acid groups (broad SMARTS) is 1. The zero-order valence-corrected chi connectivity index (χ0v) is 17.4. The Kier molecular flexibility index (Phi) is 8.41. The SMILES string of the molecule is CC(=O)CC(=O)O.CCOc1cc(-n2ccnc2C2CCCCC2)c(N)cc1C#N. The van der Waals surface area contributed by atoms with Crippen molar-refractivity contribution in [2.75, 3.05) is 12.3 Å². The van der Waals surface area contributed by atoms with E-state index < -0.39 is 5.97 Å². The summed E-state index contributed by atoms with van der Waals surface area (Å²) in [7, 11) is 0. The van der Waals surface area contributed by atoms with Gasteiger partial charge in [0.15, 0.2) is 0 Å². The maximum atomic E-state index is 9.87. The molecule has 1 aromatic carbocycles. The Morgan fingerprint density at radius 3 is 2.57 bits per heavy atom. The van der Waals surface area contributed by atoms with Gasteiger partial charge in [0.2, 0.25) is 0 Å². The number of hydrogen-bond acceptors (Lipinski definition) is 6. The first-order chi connectivity index (χ1) is 14.4. The number of hydrogen-bond donors (Lipinski definition) is 2. The highest BCUT2D eigenvalue weighted by Gasteiger charge is 2.22. The number of benzene rings is 1. The number of carbonyl (C=O) groups is 2. The molecule has 1 aromatic heterocycles. The molecule has 1 fully saturated rings. The summed E-state index contributed by atoms with van der Waals surface area (Å²) < 4.78 is 7.65. The van der Waals surface area contributed by atoms with Crippen molar-refractivity contribution in [1.29, 1.82) is 5.26 Å². The largest absolute Gasteiger partial charge is 0.492 e. The molecule has 0 saturated heterocycles. The predicted octanol–water partition coefficient (Wildman–Crippen LogP) is 3.82. The zero-order valence-electron chi connectivity index (χ0n) is 17.4. The van der Waals surface area contributed by atoms with Gasteiger partial charge >= 0.3 is 5.97 Å². The van der Waals surface area contributed by atoms with Gasteiger partial charge in [0, 0.05) is 24.4 Å². The van der Waals surface area contributed by atoms with Crippen molar-refractivity contribution in [3.63, 3.8) is 0 Å². The van der Waals surface area contributed by atoms with Gasteiger partial charge in [-0.25, -0.2) is 4.98 Å². The van der Waals surface area contributed by atoms with E-state index in [9.17, 15) is 14.9 Å². The van der Waals surface area contributed by atoms with Crippen molar-refractivity contribution in [3.05, 3.63) is 35.9 Å². The van der Waals surface area contributed by atoms with Gasteiger partial charge < -0.3 is 20.1 Å². The second-order valence-corrected chi connectivity index (χ2v) is 7.21. The van der Waals surface area contributed by atoms with Gasteiger partial charge in [-0.15, -0.1) is 0 Å². The number of Topliss-reactive ketones (excluding diaryl/α,β-unsaturated/α-hetero) is 1. The Labute approximate surface area is 176 Å². The van der Waals surface area contributed by atoms with Crippen LogP contribution in [0.1, 0.15) is 69.7 Å². The molecule has 1 aliphatic rings. The van der Waals surface area contributed by atoms with Crippen molar-refractivity contribution in [1.82, 2.24) is 9.55 Å². The van der Waals surface area contributed by atoms with Crippen LogP contribution in [0.3, 0.4) is 0 Å². The van der Waals surface area contributed by atoms with E-state index in [-0.39, 0.29) is 12.2 Å². The second kappa shape index (κ2) is 11.0. The number of nitrogen functional groups attached to an aromatic ring is 1. The molecule has 3 rings (SSSR count). The highest BCUT2D eigenvalue weighted by Crippen LogP contribution is 2.35. The molecule has 1 aliphatic carbocycles. The number of carbonyl (C=O) groups excluding carboxylic acids is 1. The van der Waals surface area contributed by atoms with Crippen LogP contribution in [0.25, 0.3) is 5.69 Å². The molecular formula is C22H28N4O4. The molecule has 0 unspecified atom stereocenters. The third kappa shape index (κ3) is 6.08. The third-order valence-electron chi connectivity index (χ3n) is 4.85. The maximum Gasteiger partial charge on any atom is 0.310 e. The van der Waals surface area contributed by atoms with Crippen LogP contribution >= 0.6 is 0 Å². The lowest BCUT2D eigenvalue weighted by atomic mass is 9.88.